The van der Waals surface area contributed by atoms with Gasteiger partial charge in [0, 0.05) is 22.1 Å². The number of aromatic nitrogens is 1. The van der Waals surface area contributed by atoms with Gasteiger partial charge in [-0.25, -0.2) is 0 Å². The first kappa shape index (κ1) is 13.7. The molecule has 3 N–H and O–H groups in total. The van der Waals surface area contributed by atoms with Crippen LogP contribution in [-0.2, 0) is 0 Å². The van der Waals surface area contributed by atoms with E-state index in [1.54, 1.807) is 23.5 Å². The molecular formula is C15H11N3OS2. The van der Waals surface area contributed by atoms with Gasteiger partial charge < -0.3 is 11.1 Å². The number of rotatable bonds is 3. The number of carbonyl (C=O) groups excluding carboxylic acids is 1. The molecule has 0 aliphatic carbocycles. The normalized spacial score (nSPS) is 10.5. The minimum atomic E-state index is -0.265. The maximum Gasteiger partial charge on any atom is 0.274 e. The highest BCUT2D eigenvalue weighted by Gasteiger charge is 2.08. The molecule has 21 heavy (non-hydrogen) atoms. The summed E-state index contributed by atoms with van der Waals surface area (Å²) in [5.74, 6) is -0.265. The molecule has 0 saturated heterocycles. The number of thiocarbonyl (C=S) groups is 1. The Morgan fingerprint density at radius 2 is 2.10 bits per heavy atom. The van der Waals surface area contributed by atoms with Crippen LogP contribution in [0.5, 0.6) is 0 Å². The molecule has 0 saturated carbocycles. The topological polar surface area (TPSA) is 68.0 Å². The van der Waals surface area contributed by atoms with Gasteiger partial charge in [0.15, 0.2) is 0 Å². The summed E-state index contributed by atoms with van der Waals surface area (Å²) in [7, 11) is 0. The van der Waals surface area contributed by atoms with Gasteiger partial charge in [-0.15, -0.1) is 11.3 Å². The number of benzene rings is 1. The molecule has 0 aliphatic rings. The lowest BCUT2D eigenvalue weighted by atomic mass is 10.2. The number of hydrogen-bond donors (Lipinski definition) is 2. The Morgan fingerprint density at radius 3 is 2.81 bits per heavy atom. The van der Waals surface area contributed by atoms with Crippen molar-refractivity contribution < 1.29 is 4.79 Å². The molecule has 3 rings (SSSR count). The van der Waals surface area contributed by atoms with Gasteiger partial charge >= 0.3 is 0 Å². The molecule has 0 spiro atoms. The molecule has 0 aliphatic heterocycles. The maximum atomic E-state index is 12.1. The van der Waals surface area contributed by atoms with E-state index in [2.05, 4.69) is 10.3 Å². The van der Waals surface area contributed by atoms with Crippen molar-refractivity contribution in [2.45, 2.75) is 0 Å². The van der Waals surface area contributed by atoms with Crippen molar-refractivity contribution >= 4 is 50.2 Å². The summed E-state index contributed by atoms with van der Waals surface area (Å²) in [6.07, 6.45) is 1.50. The molecule has 0 atom stereocenters. The lowest BCUT2D eigenvalue weighted by Crippen LogP contribution is -2.15. The Bertz CT molecular complexity index is 824. The molecule has 1 aromatic carbocycles. The van der Waals surface area contributed by atoms with E-state index in [-0.39, 0.29) is 10.9 Å². The molecule has 2 aromatic heterocycles. The summed E-state index contributed by atoms with van der Waals surface area (Å²) in [6, 6.07) is 11.1. The fourth-order valence-electron chi connectivity index (χ4n) is 1.91. The van der Waals surface area contributed by atoms with Crippen LogP contribution in [0.1, 0.15) is 16.1 Å². The average Bonchev–Trinajstić information content (AvgIpc) is 2.95. The van der Waals surface area contributed by atoms with Crippen molar-refractivity contribution in [3.05, 3.63) is 59.2 Å². The van der Waals surface area contributed by atoms with Crippen molar-refractivity contribution in [2.75, 3.05) is 5.32 Å². The molecule has 0 fully saturated rings. The van der Waals surface area contributed by atoms with Crippen molar-refractivity contribution in [1.82, 2.24) is 4.98 Å². The number of hydrogen-bond acceptors (Lipinski definition) is 4. The fraction of sp³-hybridized carbons (Fsp3) is 0. The van der Waals surface area contributed by atoms with Gasteiger partial charge in [-0.3, -0.25) is 9.78 Å². The first-order chi connectivity index (χ1) is 10.1. The van der Waals surface area contributed by atoms with Crippen LogP contribution in [0, 0.1) is 0 Å². The summed E-state index contributed by atoms with van der Waals surface area (Å²) < 4.78 is 1.19. The molecule has 2 heterocycles. The summed E-state index contributed by atoms with van der Waals surface area (Å²) in [5.41, 5.74) is 7.20. The van der Waals surface area contributed by atoms with E-state index in [9.17, 15) is 4.79 Å². The van der Waals surface area contributed by atoms with E-state index in [1.807, 2.05) is 29.6 Å². The number of nitrogens with two attached hydrogens (primary N) is 1. The zero-order valence-electron chi connectivity index (χ0n) is 10.9. The zero-order valence-corrected chi connectivity index (χ0v) is 12.5. The van der Waals surface area contributed by atoms with Crippen molar-refractivity contribution in [3.63, 3.8) is 0 Å². The molecule has 0 unspecified atom stereocenters. The van der Waals surface area contributed by atoms with Crippen molar-refractivity contribution in [1.29, 1.82) is 0 Å². The molecule has 0 radical (unpaired) electrons. The zero-order chi connectivity index (χ0) is 14.8. The van der Waals surface area contributed by atoms with Crippen LogP contribution < -0.4 is 11.1 Å². The fourth-order valence-corrected chi connectivity index (χ4v) is 2.81. The minimum Gasteiger partial charge on any atom is -0.389 e. The first-order valence-corrected chi connectivity index (χ1v) is 7.47. The number of fused-ring (bicyclic) bond motifs is 1. The van der Waals surface area contributed by atoms with E-state index < -0.39 is 0 Å². The summed E-state index contributed by atoms with van der Waals surface area (Å²) in [4.78, 5) is 16.5. The molecule has 0 bridgehead atoms. The summed E-state index contributed by atoms with van der Waals surface area (Å²) in [5, 5.41) is 5.95. The van der Waals surface area contributed by atoms with E-state index in [0.717, 1.165) is 11.1 Å². The van der Waals surface area contributed by atoms with Crippen LogP contribution in [0.15, 0.2) is 48.0 Å². The molecule has 6 heteroatoms. The van der Waals surface area contributed by atoms with Crippen LogP contribution in [0.3, 0.4) is 0 Å². The lowest BCUT2D eigenvalue weighted by Gasteiger charge is -2.05. The molecular weight excluding hydrogens is 302 g/mol. The maximum absolute atomic E-state index is 12.1. The summed E-state index contributed by atoms with van der Waals surface area (Å²) >= 11 is 6.52. The Balaban J connectivity index is 1.80. The number of anilines is 1. The monoisotopic (exact) mass is 313 g/mol. The average molecular weight is 313 g/mol. The third kappa shape index (κ3) is 2.91. The van der Waals surface area contributed by atoms with E-state index >= 15 is 0 Å². The minimum absolute atomic E-state index is 0.261. The number of carbonyl (C=O) groups is 1. The highest BCUT2D eigenvalue weighted by molar-refractivity contribution is 7.80. The Hall–Kier alpha value is -2.31. The lowest BCUT2D eigenvalue weighted by molar-refractivity contribution is 0.102. The van der Waals surface area contributed by atoms with Crippen LogP contribution in [0.2, 0.25) is 0 Å². The van der Waals surface area contributed by atoms with Crippen LogP contribution in [0.4, 0.5) is 5.69 Å². The quantitative estimate of drug-likeness (QED) is 0.729. The van der Waals surface area contributed by atoms with Crippen LogP contribution >= 0.6 is 23.6 Å². The predicted molar refractivity (Wildman–Crippen MR) is 89.9 cm³/mol. The van der Waals surface area contributed by atoms with Crippen LogP contribution in [-0.4, -0.2) is 15.9 Å². The van der Waals surface area contributed by atoms with Gasteiger partial charge in [0.05, 0.1) is 0 Å². The predicted octanol–water partition coefficient (Wildman–Crippen LogP) is 3.18. The second-order valence-electron chi connectivity index (χ2n) is 4.42. The standard InChI is InChI=1S/C15H11N3OS2/c16-14(20)10-1-3-12(17-8-10)15(19)18-11-2-4-13-9(7-11)5-6-21-13/h1-8H,(H2,16,20)(H,18,19). The first-order valence-electron chi connectivity index (χ1n) is 6.18. The number of pyridine rings is 1. The van der Waals surface area contributed by atoms with E-state index in [0.29, 0.717) is 11.3 Å². The molecule has 104 valence electrons. The second-order valence-corrected chi connectivity index (χ2v) is 5.81. The van der Waals surface area contributed by atoms with Gasteiger partial charge in [-0.1, -0.05) is 12.2 Å². The Kier molecular flexibility index (Phi) is 3.64. The van der Waals surface area contributed by atoms with Gasteiger partial charge in [0.1, 0.15) is 10.7 Å². The molecule has 3 aromatic rings. The van der Waals surface area contributed by atoms with Gasteiger partial charge in [-0.05, 0) is 47.2 Å². The van der Waals surface area contributed by atoms with Gasteiger partial charge in [-0.2, -0.15) is 0 Å². The van der Waals surface area contributed by atoms with Gasteiger partial charge in [0.25, 0.3) is 5.91 Å². The summed E-state index contributed by atoms with van der Waals surface area (Å²) in [6.45, 7) is 0. The highest BCUT2D eigenvalue weighted by Crippen LogP contribution is 2.24. The van der Waals surface area contributed by atoms with E-state index in [4.69, 9.17) is 18.0 Å². The Labute approximate surface area is 130 Å². The van der Waals surface area contributed by atoms with Gasteiger partial charge in [0.2, 0.25) is 0 Å². The van der Waals surface area contributed by atoms with E-state index in [1.165, 1.54) is 10.9 Å². The number of thiophene rings is 1. The highest BCUT2D eigenvalue weighted by atomic mass is 32.1. The number of amides is 1. The molecule has 1 amide bonds. The smallest absolute Gasteiger partial charge is 0.274 e. The Morgan fingerprint density at radius 1 is 1.24 bits per heavy atom. The number of nitrogens with one attached hydrogen (secondary N) is 1. The SMILES string of the molecule is NC(=S)c1ccc(C(=O)Nc2ccc3sccc3c2)nc1. The molecule has 4 nitrogen and oxygen atoms in total. The third-order valence-corrected chi connectivity index (χ3v) is 4.12. The number of nitrogens with zero attached hydrogens (tertiary/aromatic N) is 1. The van der Waals surface area contributed by atoms with Crippen molar-refractivity contribution in [3.8, 4) is 0 Å². The van der Waals surface area contributed by atoms with Crippen molar-refractivity contribution in [2.24, 2.45) is 5.73 Å². The third-order valence-electron chi connectivity index (χ3n) is 2.99. The largest absolute Gasteiger partial charge is 0.389 e. The second kappa shape index (κ2) is 5.59. The van der Waals surface area contributed by atoms with Crippen LogP contribution in [0.25, 0.3) is 10.1 Å².